The van der Waals surface area contributed by atoms with Crippen molar-refractivity contribution < 1.29 is 0 Å². The van der Waals surface area contributed by atoms with Crippen molar-refractivity contribution in [2.45, 2.75) is 103 Å². The van der Waals surface area contributed by atoms with Gasteiger partial charge >= 0.3 is 0 Å². The monoisotopic (exact) mass is 1010 g/mol. The maximum absolute atomic E-state index is 2.52. The zero-order chi connectivity index (χ0) is 53.8. The van der Waals surface area contributed by atoms with Gasteiger partial charge in [0.15, 0.2) is 0 Å². The Morgan fingerprint density at radius 3 is 1.31 bits per heavy atom. The van der Waals surface area contributed by atoms with Crippen LogP contribution in [0.15, 0.2) is 200 Å². The first-order valence-corrected chi connectivity index (χ1v) is 28.2. The van der Waals surface area contributed by atoms with Gasteiger partial charge in [0, 0.05) is 33.0 Å². The summed E-state index contributed by atoms with van der Waals surface area (Å²) in [5.74, 6) is 0. The van der Waals surface area contributed by atoms with E-state index in [0.29, 0.717) is 0 Å². The Balaban J connectivity index is 0.751. The number of anilines is 6. The molecule has 2 heteroatoms. The van der Waals surface area contributed by atoms with Crippen LogP contribution in [0.5, 0.6) is 0 Å². The molecule has 0 atom stereocenters. The quantitative estimate of drug-likeness (QED) is 0.159. The molecule has 2 heterocycles. The molecule has 10 aromatic rings. The van der Waals surface area contributed by atoms with E-state index < -0.39 is 0 Å². The van der Waals surface area contributed by atoms with Gasteiger partial charge in [0.25, 0.3) is 0 Å². The third-order valence-corrected chi connectivity index (χ3v) is 18.7. The molecular formula is C76H68N2. The number of para-hydroxylation sites is 3. The number of fused-ring (bicyclic) bond motifs is 11. The van der Waals surface area contributed by atoms with Crippen LogP contribution in [-0.4, -0.2) is 0 Å². The third-order valence-electron chi connectivity index (χ3n) is 18.7. The van der Waals surface area contributed by atoms with E-state index in [2.05, 4.69) is 298 Å². The molecule has 382 valence electrons. The van der Waals surface area contributed by atoms with E-state index >= 15 is 0 Å². The fourth-order valence-electron chi connectivity index (χ4n) is 14.1. The zero-order valence-electron chi connectivity index (χ0n) is 47.1. The van der Waals surface area contributed by atoms with Crippen LogP contribution in [-0.2, 0) is 27.1 Å². The summed E-state index contributed by atoms with van der Waals surface area (Å²) in [5, 5.41) is 2.49. The van der Waals surface area contributed by atoms with E-state index in [4.69, 9.17) is 0 Å². The molecule has 2 aliphatic carbocycles. The summed E-state index contributed by atoms with van der Waals surface area (Å²) in [4.78, 5) is 4.99. The van der Waals surface area contributed by atoms with E-state index in [1.54, 1.807) is 0 Å². The Hall–Kier alpha value is -8.20. The average molecular weight is 1010 g/mol. The molecule has 10 aromatic carbocycles. The minimum absolute atomic E-state index is 0.0866. The second kappa shape index (κ2) is 16.7. The Kier molecular flexibility index (Phi) is 10.3. The molecule has 2 nitrogen and oxygen atoms in total. The van der Waals surface area contributed by atoms with Gasteiger partial charge in [0.2, 0.25) is 0 Å². The highest BCUT2D eigenvalue weighted by Gasteiger charge is 2.44. The van der Waals surface area contributed by atoms with Crippen LogP contribution in [0, 0.1) is 0 Å². The normalized spacial score (nSPS) is 16.4. The number of hydrogen-bond donors (Lipinski definition) is 0. The summed E-state index contributed by atoms with van der Waals surface area (Å²) in [7, 11) is 0. The topological polar surface area (TPSA) is 6.48 Å². The van der Waals surface area contributed by atoms with Crippen LogP contribution in [0.1, 0.15) is 137 Å². The van der Waals surface area contributed by atoms with Gasteiger partial charge in [-0.3, -0.25) is 0 Å². The van der Waals surface area contributed by atoms with Crippen LogP contribution < -0.4 is 9.80 Å². The highest BCUT2D eigenvalue weighted by Crippen LogP contribution is 2.60. The van der Waals surface area contributed by atoms with E-state index in [1.807, 2.05) is 0 Å². The largest absolute Gasteiger partial charge is 0.310 e. The standard InChI is InChI=1S/C76H68N2/c1-72(2,3)53-33-35-55(36-34-53)78-69-24-18-16-22-61(69)74(6,7)67-43-58-56-37-28-48(40-62(56)75(8,9)64(58)45-71(67)78)26-25-47-27-29-50-41-51(31-30-49(50)39-47)52-32-38-57-59-44-66-70(46-65(59)76(10,11)63(57)42-52)77(54-19-13-12-14-20-54)68-23-17-15-21-60(68)73(66,4)5/h12-46H,1-11H3/b26-25+. The van der Waals surface area contributed by atoms with Crippen molar-refractivity contribution in [3.8, 4) is 33.4 Å². The molecule has 0 bridgehead atoms. The highest BCUT2D eigenvalue weighted by molar-refractivity contribution is 5.96. The zero-order valence-corrected chi connectivity index (χ0v) is 47.1. The lowest BCUT2D eigenvalue weighted by atomic mass is 9.71. The van der Waals surface area contributed by atoms with Gasteiger partial charge in [-0.25, -0.2) is 0 Å². The fraction of sp³-hybridized carbons (Fsp3) is 0.211. The number of benzene rings is 10. The lowest BCUT2D eigenvalue weighted by Crippen LogP contribution is -2.31. The van der Waals surface area contributed by atoms with E-state index in [0.717, 1.165) is 0 Å². The van der Waals surface area contributed by atoms with E-state index in [-0.39, 0.29) is 27.1 Å². The first kappa shape index (κ1) is 48.2. The molecule has 14 rings (SSSR count). The first-order chi connectivity index (χ1) is 37.3. The molecule has 4 aliphatic rings. The molecule has 0 amide bonds. The van der Waals surface area contributed by atoms with Gasteiger partial charge < -0.3 is 9.80 Å². The molecule has 0 saturated heterocycles. The Labute approximate surface area is 462 Å². The van der Waals surface area contributed by atoms with Crippen molar-refractivity contribution in [3.05, 3.63) is 261 Å². The molecule has 0 saturated carbocycles. The van der Waals surface area contributed by atoms with Crippen LogP contribution in [0.25, 0.3) is 56.3 Å². The fourth-order valence-corrected chi connectivity index (χ4v) is 14.1. The smallest absolute Gasteiger partial charge is 0.0506 e. The molecule has 0 aromatic heterocycles. The third kappa shape index (κ3) is 7.07. The summed E-state index contributed by atoms with van der Waals surface area (Å²) < 4.78 is 0. The van der Waals surface area contributed by atoms with Crippen LogP contribution in [0.2, 0.25) is 0 Å². The molecular weight excluding hydrogens is 941 g/mol. The van der Waals surface area contributed by atoms with Gasteiger partial charge in [0.1, 0.15) is 0 Å². The Morgan fingerprint density at radius 2 is 0.731 bits per heavy atom. The number of rotatable bonds is 5. The predicted octanol–water partition coefficient (Wildman–Crippen LogP) is 20.8. The van der Waals surface area contributed by atoms with Crippen molar-refractivity contribution in [2.24, 2.45) is 0 Å². The van der Waals surface area contributed by atoms with Gasteiger partial charge in [-0.05, 0) is 190 Å². The van der Waals surface area contributed by atoms with Crippen molar-refractivity contribution >= 4 is 57.0 Å². The lowest BCUT2D eigenvalue weighted by Gasteiger charge is -2.43. The SMILES string of the molecule is CC(C)(C)c1ccc(N2c3ccccc3C(C)(C)c3cc4c(cc32)C(C)(C)c2cc(/C=C/c3ccc5cc(-c6ccc7c(c6)C(C)(C)c6cc8c(cc6-7)C(C)(C)c6ccccc6N8c6ccccc6)ccc5c3)ccc2-4)cc1. The second-order valence-electron chi connectivity index (χ2n) is 25.9. The van der Waals surface area contributed by atoms with Crippen LogP contribution >= 0.6 is 0 Å². The summed E-state index contributed by atoms with van der Waals surface area (Å²) in [5.41, 5.74) is 29.4. The van der Waals surface area contributed by atoms with Crippen molar-refractivity contribution in [1.82, 2.24) is 0 Å². The first-order valence-electron chi connectivity index (χ1n) is 28.2. The lowest BCUT2D eigenvalue weighted by molar-refractivity contribution is 0.590. The molecule has 0 spiro atoms. The molecule has 78 heavy (non-hydrogen) atoms. The highest BCUT2D eigenvalue weighted by atomic mass is 15.2. The van der Waals surface area contributed by atoms with Gasteiger partial charge in [0.05, 0.1) is 22.7 Å². The van der Waals surface area contributed by atoms with Gasteiger partial charge in [-0.15, -0.1) is 0 Å². The maximum atomic E-state index is 2.52. The minimum Gasteiger partial charge on any atom is -0.310 e. The average Bonchev–Trinajstić information content (AvgIpc) is 3.91. The minimum atomic E-state index is -0.181. The summed E-state index contributed by atoms with van der Waals surface area (Å²) >= 11 is 0. The number of hydrogen-bond acceptors (Lipinski definition) is 2. The molecule has 0 unspecified atom stereocenters. The Morgan fingerprint density at radius 1 is 0.308 bits per heavy atom. The van der Waals surface area contributed by atoms with E-state index in [9.17, 15) is 0 Å². The van der Waals surface area contributed by atoms with Crippen molar-refractivity contribution in [1.29, 1.82) is 0 Å². The van der Waals surface area contributed by atoms with E-state index in [1.165, 1.54) is 139 Å². The van der Waals surface area contributed by atoms with Crippen molar-refractivity contribution in [3.63, 3.8) is 0 Å². The van der Waals surface area contributed by atoms with Gasteiger partial charge in [-0.2, -0.15) is 0 Å². The summed E-state index contributed by atoms with van der Waals surface area (Å²) in [6.07, 6.45) is 4.57. The van der Waals surface area contributed by atoms with Crippen LogP contribution in [0.4, 0.5) is 34.1 Å². The molecule has 0 fully saturated rings. The molecule has 0 radical (unpaired) electrons. The Bertz CT molecular complexity index is 4170. The van der Waals surface area contributed by atoms with Gasteiger partial charge in [-0.1, -0.05) is 210 Å². The summed E-state index contributed by atoms with van der Waals surface area (Å²) in [6.45, 7) is 26.1. The number of nitrogens with zero attached hydrogens (tertiary/aromatic N) is 2. The second-order valence-corrected chi connectivity index (χ2v) is 25.9. The molecule has 2 aliphatic heterocycles. The predicted molar refractivity (Wildman–Crippen MR) is 332 cm³/mol. The van der Waals surface area contributed by atoms with Crippen molar-refractivity contribution in [2.75, 3.05) is 9.80 Å². The maximum Gasteiger partial charge on any atom is 0.0506 e. The van der Waals surface area contributed by atoms with Crippen LogP contribution in [0.3, 0.4) is 0 Å². The summed E-state index contributed by atoms with van der Waals surface area (Å²) in [6, 6.07) is 76.3. The molecule has 0 N–H and O–H groups in total.